The highest BCUT2D eigenvalue weighted by Crippen LogP contribution is 2.42. The highest BCUT2D eigenvalue weighted by molar-refractivity contribution is 5.97. The maximum Gasteiger partial charge on any atom is 0.247 e. The molecule has 0 aliphatic heterocycles. The van der Waals surface area contributed by atoms with Gasteiger partial charge >= 0.3 is 0 Å². The standard InChI is InChI=1S/C22H25NO4/c1-15(11-16-7-5-4-6-8-16)21(24)23-14-22(25)10-9-17-12-19(26-2)20(27-3)13-18(17)22/h4-8,11-13,25H,9-10,14H2,1-3H3,(H,23,24)/b15-11+. The summed E-state index contributed by atoms with van der Waals surface area (Å²) in [5.74, 6) is 1.02. The molecule has 1 amide bonds. The predicted octanol–water partition coefficient (Wildman–Crippen LogP) is 3.06. The molecule has 0 spiro atoms. The molecular weight excluding hydrogens is 342 g/mol. The first kappa shape index (κ1) is 19.0. The number of carbonyl (C=O) groups excluding carboxylic acids is 1. The molecule has 142 valence electrons. The number of rotatable bonds is 6. The molecule has 0 bridgehead atoms. The summed E-state index contributed by atoms with van der Waals surface area (Å²) in [5.41, 5.74) is 2.24. The molecular formula is C22H25NO4. The number of fused-ring (bicyclic) bond motifs is 1. The summed E-state index contributed by atoms with van der Waals surface area (Å²) in [4.78, 5) is 12.4. The van der Waals surface area contributed by atoms with E-state index in [2.05, 4.69) is 5.32 Å². The van der Waals surface area contributed by atoms with Gasteiger partial charge in [0.25, 0.3) is 0 Å². The lowest BCUT2D eigenvalue weighted by Gasteiger charge is -2.25. The van der Waals surface area contributed by atoms with Crippen molar-refractivity contribution in [1.29, 1.82) is 0 Å². The first-order valence-corrected chi connectivity index (χ1v) is 8.96. The number of aryl methyl sites for hydroxylation is 1. The average Bonchev–Trinajstić information content (AvgIpc) is 3.02. The van der Waals surface area contributed by atoms with E-state index in [0.717, 1.165) is 23.1 Å². The molecule has 0 heterocycles. The molecule has 2 aromatic carbocycles. The van der Waals surface area contributed by atoms with Crippen molar-refractivity contribution in [3.63, 3.8) is 0 Å². The van der Waals surface area contributed by atoms with Crippen LogP contribution in [0.5, 0.6) is 11.5 Å². The van der Waals surface area contributed by atoms with Crippen LogP contribution in [0.3, 0.4) is 0 Å². The Morgan fingerprint density at radius 3 is 2.52 bits per heavy atom. The summed E-state index contributed by atoms with van der Waals surface area (Å²) in [6.07, 6.45) is 3.09. The quantitative estimate of drug-likeness (QED) is 0.770. The topological polar surface area (TPSA) is 67.8 Å². The average molecular weight is 367 g/mol. The number of carbonyl (C=O) groups is 1. The lowest BCUT2D eigenvalue weighted by Crippen LogP contribution is -2.39. The lowest BCUT2D eigenvalue weighted by molar-refractivity contribution is -0.118. The Morgan fingerprint density at radius 1 is 1.19 bits per heavy atom. The third kappa shape index (κ3) is 3.98. The molecule has 0 saturated heterocycles. The molecule has 5 nitrogen and oxygen atoms in total. The number of benzene rings is 2. The third-order valence-electron chi connectivity index (χ3n) is 5.00. The second-order valence-corrected chi connectivity index (χ2v) is 6.82. The van der Waals surface area contributed by atoms with E-state index in [0.29, 0.717) is 23.5 Å². The summed E-state index contributed by atoms with van der Waals surface area (Å²) < 4.78 is 10.7. The monoisotopic (exact) mass is 367 g/mol. The molecule has 2 aromatic rings. The summed E-state index contributed by atoms with van der Waals surface area (Å²) in [5, 5.41) is 14.0. The minimum Gasteiger partial charge on any atom is -0.493 e. The van der Waals surface area contributed by atoms with Crippen LogP contribution in [0.15, 0.2) is 48.0 Å². The Bertz CT molecular complexity index is 860. The number of hydrogen-bond donors (Lipinski definition) is 2. The Morgan fingerprint density at radius 2 is 1.85 bits per heavy atom. The van der Waals surface area contributed by atoms with E-state index in [1.165, 1.54) is 0 Å². The highest BCUT2D eigenvalue weighted by Gasteiger charge is 2.38. The van der Waals surface area contributed by atoms with Gasteiger partial charge in [0.05, 0.1) is 20.8 Å². The van der Waals surface area contributed by atoms with Crippen molar-refractivity contribution in [3.8, 4) is 11.5 Å². The Balaban J connectivity index is 1.74. The summed E-state index contributed by atoms with van der Waals surface area (Å²) in [7, 11) is 3.16. The van der Waals surface area contributed by atoms with Gasteiger partial charge in [0.15, 0.2) is 11.5 Å². The van der Waals surface area contributed by atoms with Crippen molar-refractivity contribution in [2.75, 3.05) is 20.8 Å². The van der Waals surface area contributed by atoms with E-state index in [1.54, 1.807) is 27.2 Å². The van der Waals surface area contributed by atoms with Gasteiger partial charge in [-0.1, -0.05) is 30.3 Å². The number of amides is 1. The smallest absolute Gasteiger partial charge is 0.247 e. The molecule has 0 aromatic heterocycles. The van der Waals surface area contributed by atoms with Crippen LogP contribution in [0.4, 0.5) is 0 Å². The molecule has 1 atom stereocenters. The number of aliphatic hydroxyl groups is 1. The van der Waals surface area contributed by atoms with Crippen LogP contribution in [0.2, 0.25) is 0 Å². The number of hydrogen-bond acceptors (Lipinski definition) is 4. The Kier molecular flexibility index (Phi) is 5.51. The van der Waals surface area contributed by atoms with Gasteiger partial charge in [0, 0.05) is 5.57 Å². The first-order chi connectivity index (χ1) is 13.0. The molecule has 1 aliphatic carbocycles. The molecule has 1 unspecified atom stereocenters. The fourth-order valence-electron chi connectivity index (χ4n) is 3.45. The normalized spacial score (nSPS) is 18.7. The molecule has 3 rings (SSSR count). The van der Waals surface area contributed by atoms with Gasteiger partial charge in [-0.15, -0.1) is 0 Å². The number of nitrogens with one attached hydrogen (secondary N) is 1. The lowest BCUT2D eigenvalue weighted by atomic mass is 9.95. The van der Waals surface area contributed by atoms with E-state index >= 15 is 0 Å². The SMILES string of the molecule is COc1cc2c(cc1OC)C(O)(CNC(=O)/C(C)=C/c1ccccc1)CC2. The molecule has 1 aliphatic rings. The minimum absolute atomic E-state index is 0.147. The number of ether oxygens (including phenoxy) is 2. The van der Waals surface area contributed by atoms with Crippen molar-refractivity contribution in [2.45, 2.75) is 25.4 Å². The van der Waals surface area contributed by atoms with Gasteiger partial charge in [-0.2, -0.15) is 0 Å². The molecule has 2 N–H and O–H groups in total. The predicted molar refractivity (Wildman–Crippen MR) is 105 cm³/mol. The molecule has 0 saturated carbocycles. The van der Waals surface area contributed by atoms with Gasteiger partial charge in [-0.3, -0.25) is 4.79 Å². The van der Waals surface area contributed by atoms with E-state index in [9.17, 15) is 9.90 Å². The van der Waals surface area contributed by atoms with Crippen molar-refractivity contribution < 1.29 is 19.4 Å². The summed E-state index contributed by atoms with van der Waals surface area (Å²) >= 11 is 0. The largest absolute Gasteiger partial charge is 0.493 e. The third-order valence-corrected chi connectivity index (χ3v) is 5.00. The van der Waals surface area contributed by atoms with Crippen molar-refractivity contribution in [3.05, 3.63) is 64.7 Å². The molecule has 5 heteroatoms. The van der Waals surface area contributed by atoms with Gasteiger partial charge in [0.2, 0.25) is 5.91 Å². The fourth-order valence-corrected chi connectivity index (χ4v) is 3.45. The Labute approximate surface area is 159 Å². The number of methoxy groups -OCH3 is 2. The summed E-state index contributed by atoms with van der Waals surface area (Å²) in [6, 6.07) is 13.4. The van der Waals surface area contributed by atoms with Crippen molar-refractivity contribution in [1.82, 2.24) is 5.32 Å². The second kappa shape index (κ2) is 7.84. The van der Waals surface area contributed by atoms with Crippen molar-refractivity contribution >= 4 is 12.0 Å². The van der Waals surface area contributed by atoms with Gasteiger partial charge in [-0.05, 0) is 54.7 Å². The van der Waals surface area contributed by atoms with Crippen molar-refractivity contribution in [2.24, 2.45) is 0 Å². The zero-order valence-corrected chi connectivity index (χ0v) is 15.9. The van der Waals surface area contributed by atoms with Crippen LogP contribution in [0.25, 0.3) is 6.08 Å². The van der Waals surface area contributed by atoms with E-state index in [-0.39, 0.29) is 12.5 Å². The first-order valence-electron chi connectivity index (χ1n) is 8.96. The van der Waals surface area contributed by atoms with Gasteiger partial charge < -0.3 is 19.9 Å². The Hall–Kier alpha value is -2.79. The summed E-state index contributed by atoms with van der Waals surface area (Å²) in [6.45, 7) is 1.91. The fraction of sp³-hybridized carbons (Fsp3) is 0.318. The van der Waals surface area contributed by atoms with E-state index in [4.69, 9.17) is 9.47 Å². The van der Waals surface area contributed by atoms with Crippen LogP contribution in [0, 0.1) is 0 Å². The zero-order valence-electron chi connectivity index (χ0n) is 15.9. The van der Waals surface area contributed by atoms with Gasteiger partial charge in [-0.25, -0.2) is 0 Å². The zero-order chi connectivity index (χ0) is 19.4. The molecule has 0 radical (unpaired) electrons. The maximum atomic E-state index is 12.4. The van der Waals surface area contributed by atoms with E-state index < -0.39 is 5.60 Å². The van der Waals surface area contributed by atoms with Crippen LogP contribution in [0.1, 0.15) is 30.0 Å². The van der Waals surface area contributed by atoms with Crippen LogP contribution >= 0.6 is 0 Å². The van der Waals surface area contributed by atoms with Gasteiger partial charge in [0.1, 0.15) is 5.60 Å². The van der Waals surface area contributed by atoms with E-state index in [1.807, 2.05) is 42.5 Å². The van der Waals surface area contributed by atoms with Crippen LogP contribution in [-0.4, -0.2) is 31.8 Å². The maximum absolute atomic E-state index is 12.4. The molecule has 27 heavy (non-hydrogen) atoms. The van der Waals surface area contributed by atoms with Crippen LogP contribution in [-0.2, 0) is 16.8 Å². The highest BCUT2D eigenvalue weighted by atomic mass is 16.5. The van der Waals surface area contributed by atoms with Crippen LogP contribution < -0.4 is 14.8 Å². The second-order valence-electron chi connectivity index (χ2n) is 6.82. The molecule has 0 fully saturated rings. The minimum atomic E-state index is -1.11.